The number of rotatable bonds is 7. The van der Waals surface area contributed by atoms with Gasteiger partial charge in [0.15, 0.2) is 11.5 Å². The summed E-state index contributed by atoms with van der Waals surface area (Å²) in [6.07, 6.45) is 5.70. The van der Waals surface area contributed by atoms with Crippen molar-refractivity contribution in [1.29, 1.82) is 0 Å². The van der Waals surface area contributed by atoms with Gasteiger partial charge in [0.25, 0.3) is 0 Å². The molecule has 0 radical (unpaired) electrons. The minimum Gasteiger partial charge on any atom is -0.388 e. The summed E-state index contributed by atoms with van der Waals surface area (Å²) in [6, 6.07) is 9.78. The van der Waals surface area contributed by atoms with Gasteiger partial charge < -0.3 is 9.84 Å². The highest BCUT2D eigenvalue weighted by atomic mass is 16.5. The number of aliphatic hydroxyl groups is 1. The summed E-state index contributed by atoms with van der Waals surface area (Å²) in [5, 5.41) is 22.7. The van der Waals surface area contributed by atoms with E-state index >= 15 is 0 Å². The van der Waals surface area contributed by atoms with Gasteiger partial charge in [0.05, 0.1) is 23.6 Å². The molecule has 1 atom stereocenters. The van der Waals surface area contributed by atoms with Crippen LogP contribution in [0.2, 0.25) is 0 Å². The highest BCUT2D eigenvalue weighted by molar-refractivity contribution is 5.77. The van der Waals surface area contributed by atoms with E-state index in [9.17, 15) is 5.11 Å². The van der Waals surface area contributed by atoms with Crippen LogP contribution in [0.15, 0.2) is 49.1 Å². The fourth-order valence-electron chi connectivity index (χ4n) is 3.19. The number of H-pyrrole nitrogens is 1. The van der Waals surface area contributed by atoms with Crippen LogP contribution in [0.5, 0.6) is 0 Å². The van der Waals surface area contributed by atoms with Gasteiger partial charge in [-0.25, -0.2) is 14.6 Å². The number of aromatic amines is 1. The smallest absolute Gasteiger partial charge is 0.162 e. The van der Waals surface area contributed by atoms with E-state index in [1.165, 1.54) is 6.33 Å². The maximum absolute atomic E-state index is 10.6. The standard InChI is InChI=1S/C21H24N6O2/c1-21(2,29-3)8-7-18(28)15-9-16-12-25-27(20(16)22-11-15)17-6-4-5-14(10-17)19-23-13-24-26-19/h4-6,9-13,18,28H,7-8H2,1-3H3,(H,23,24,26)/t18-/m1/s1. The van der Waals surface area contributed by atoms with Crippen molar-refractivity contribution < 1.29 is 9.84 Å². The first-order valence-electron chi connectivity index (χ1n) is 9.50. The fraction of sp³-hybridized carbons (Fsp3) is 0.333. The molecule has 0 aliphatic rings. The van der Waals surface area contributed by atoms with Crippen LogP contribution in [0, 0.1) is 0 Å². The average molecular weight is 392 g/mol. The summed E-state index contributed by atoms with van der Waals surface area (Å²) in [4.78, 5) is 8.76. The first-order valence-corrected chi connectivity index (χ1v) is 9.50. The number of pyridine rings is 1. The normalized spacial score (nSPS) is 13.1. The van der Waals surface area contributed by atoms with Crippen molar-refractivity contribution in [3.05, 3.63) is 54.6 Å². The summed E-state index contributed by atoms with van der Waals surface area (Å²) >= 11 is 0. The summed E-state index contributed by atoms with van der Waals surface area (Å²) in [7, 11) is 1.69. The van der Waals surface area contributed by atoms with Gasteiger partial charge in [0, 0.05) is 24.3 Å². The zero-order chi connectivity index (χ0) is 20.4. The molecule has 0 fully saturated rings. The Labute approximate surface area is 168 Å². The third-order valence-corrected chi connectivity index (χ3v) is 5.17. The van der Waals surface area contributed by atoms with E-state index < -0.39 is 6.10 Å². The van der Waals surface area contributed by atoms with Gasteiger partial charge in [-0.05, 0) is 50.5 Å². The molecule has 0 amide bonds. The van der Waals surface area contributed by atoms with E-state index in [4.69, 9.17) is 4.74 Å². The summed E-state index contributed by atoms with van der Waals surface area (Å²) in [5.74, 6) is 0.695. The molecule has 3 aromatic heterocycles. The van der Waals surface area contributed by atoms with Crippen LogP contribution < -0.4 is 0 Å². The molecule has 0 spiro atoms. The monoisotopic (exact) mass is 392 g/mol. The SMILES string of the molecule is COC(C)(C)CC[C@@H](O)c1cnc2c(cnn2-c2cccc(-c3ncn[nH]3)c2)c1. The van der Waals surface area contributed by atoms with Crippen molar-refractivity contribution in [2.24, 2.45) is 0 Å². The van der Waals surface area contributed by atoms with Gasteiger partial charge in [-0.3, -0.25) is 5.10 Å². The number of hydrogen-bond donors (Lipinski definition) is 2. The zero-order valence-electron chi connectivity index (χ0n) is 16.7. The predicted octanol–water partition coefficient (Wildman–Crippen LogP) is 3.44. The molecule has 150 valence electrons. The quantitative estimate of drug-likeness (QED) is 0.499. The number of ether oxygens (including phenoxy) is 1. The molecule has 0 saturated heterocycles. The Kier molecular flexibility index (Phi) is 5.12. The van der Waals surface area contributed by atoms with Crippen molar-refractivity contribution >= 4 is 11.0 Å². The Morgan fingerprint density at radius 1 is 1.21 bits per heavy atom. The lowest BCUT2D eigenvalue weighted by Crippen LogP contribution is -2.23. The fourth-order valence-corrected chi connectivity index (χ4v) is 3.19. The molecule has 4 rings (SSSR count). The Balaban J connectivity index is 1.60. The Morgan fingerprint density at radius 3 is 2.83 bits per heavy atom. The molecule has 3 heterocycles. The lowest BCUT2D eigenvalue weighted by molar-refractivity contribution is 0.00277. The molecule has 4 aromatic rings. The Hall–Kier alpha value is -3.10. The maximum Gasteiger partial charge on any atom is 0.162 e. The van der Waals surface area contributed by atoms with Gasteiger partial charge in [-0.2, -0.15) is 10.2 Å². The molecular weight excluding hydrogens is 368 g/mol. The van der Waals surface area contributed by atoms with Gasteiger partial charge in [0.2, 0.25) is 0 Å². The van der Waals surface area contributed by atoms with E-state index in [0.717, 1.165) is 34.3 Å². The first-order chi connectivity index (χ1) is 14.0. The van der Waals surface area contributed by atoms with Gasteiger partial charge >= 0.3 is 0 Å². The first kappa shape index (κ1) is 19.2. The summed E-state index contributed by atoms with van der Waals surface area (Å²) in [5.41, 5.74) is 3.03. The second kappa shape index (κ2) is 7.73. The van der Waals surface area contributed by atoms with Crippen LogP contribution in [0.3, 0.4) is 0 Å². The molecule has 8 heteroatoms. The molecule has 0 aliphatic carbocycles. The minimum atomic E-state index is -0.598. The summed E-state index contributed by atoms with van der Waals surface area (Å²) < 4.78 is 7.21. The molecule has 29 heavy (non-hydrogen) atoms. The van der Waals surface area contributed by atoms with E-state index in [-0.39, 0.29) is 5.60 Å². The van der Waals surface area contributed by atoms with Crippen molar-refractivity contribution in [3.8, 4) is 17.1 Å². The number of nitrogens with zero attached hydrogens (tertiary/aromatic N) is 5. The van der Waals surface area contributed by atoms with E-state index in [1.54, 1.807) is 24.2 Å². The molecule has 1 aromatic carbocycles. The van der Waals surface area contributed by atoms with Crippen LogP contribution in [0.1, 0.15) is 38.4 Å². The number of aliphatic hydroxyl groups excluding tert-OH is 1. The topological polar surface area (TPSA) is 102 Å². The lowest BCUT2D eigenvalue weighted by atomic mass is 9.97. The number of hydrogen-bond acceptors (Lipinski definition) is 6. The molecule has 0 aliphatic heterocycles. The van der Waals surface area contributed by atoms with Crippen molar-refractivity contribution in [2.75, 3.05) is 7.11 Å². The highest BCUT2D eigenvalue weighted by Gasteiger charge is 2.20. The van der Waals surface area contributed by atoms with Crippen LogP contribution in [0.4, 0.5) is 0 Å². The number of methoxy groups -OCH3 is 1. The van der Waals surface area contributed by atoms with Crippen LogP contribution in [-0.4, -0.2) is 47.8 Å². The number of nitrogens with one attached hydrogen (secondary N) is 1. The second-order valence-electron chi connectivity index (χ2n) is 7.64. The zero-order valence-corrected chi connectivity index (χ0v) is 16.7. The average Bonchev–Trinajstić information content (AvgIpc) is 3.42. The third kappa shape index (κ3) is 4.03. The van der Waals surface area contributed by atoms with Crippen LogP contribution in [-0.2, 0) is 4.74 Å². The number of benzene rings is 1. The number of aromatic nitrogens is 6. The molecule has 0 bridgehead atoms. The Morgan fingerprint density at radius 2 is 2.07 bits per heavy atom. The van der Waals surface area contributed by atoms with E-state index in [2.05, 4.69) is 25.3 Å². The maximum atomic E-state index is 10.6. The number of fused-ring (bicyclic) bond motifs is 1. The molecule has 0 saturated carbocycles. The molecule has 0 unspecified atom stereocenters. The third-order valence-electron chi connectivity index (χ3n) is 5.17. The molecule has 2 N–H and O–H groups in total. The van der Waals surface area contributed by atoms with Crippen LogP contribution >= 0.6 is 0 Å². The Bertz CT molecular complexity index is 1100. The van der Waals surface area contributed by atoms with E-state index in [1.807, 2.05) is 44.2 Å². The van der Waals surface area contributed by atoms with Gasteiger partial charge in [-0.15, -0.1) is 0 Å². The van der Waals surface area contributed by atoms with Gasteiger partial charge in [-0.1, -0.05) is 12.1 Å². The largest absolute Gasteiger partial charge is 0.388 e. The van der Waals surface area contributed by atoms with E-state index in [0.29, 0.717) is 12.2 Å². The summed E-state index contributed by atoms with van der Waals surface area (Å²) in [6.45, 7) is 4.02. The van der Waals surface area contributed by atoms with Crippen LogP contribution in [0.25, 0.3) is 28.1 Å². The van der Waals surface area contributed by atoms with Gasteiger partial charge in [0.1, 0.15) is 6.33 Å². The van der Waals surface area contributed by atoms with Crippen molar-refractivity contribution in [2.45, 2.75) is 38.4 Å². The van der Waals surface area contributed by atoms with Crippen molar-refractivity contribution in [1.82, 2.24) is 29.9 Å². The minimum absolute atomic E-state index is 0.266. The molecule has 8 nitrogen and oxygen atoms in total. The highest BCUT2D eigenvalue weighted by Crippen LogP contribution is 2.27. The lowest BCUT2D eigenvalue weighted by Gasteiger charge is -2.24. The second-order valence-corrected chi connectivity index (χ2v) is 7.64. The van der Waals surface area contributed by atoms with Crippen molar-refractivity contribution in [3.63, 3.8) is 0 Å². The molecular formula is C21H24N6O2. The predicted molar refractivity (Wildman–Crippen MR) is 110 cm³/mol.